The minimum atomic E-state index is 0.626. The molecule has 1 aromatic rings. The Labute approximate surface area is 96.7 Å². The molecular formula is C11H21N3S. The van der Waals surface area contributed by atoms with Gasteiger partial charge in [0.05, 0.1) is 5.69 Å². The van der Waals surface area contributed by atoms with E-state index in [2.05, 4.69) is 41.2 Å². The summed E-state index contributed by atoms with van der Waals surface area (Å²) in [4.78, 5) is 4.48. The van der Waals surface area contributed by atoms with Gasteiger partial charge in [-0.3, -0.25) is 0 Å². The third-order valence-electron chi connectivity index (χ3n) is 2.29. The van der Waals surface area contributed by atoms with Crippen LogP contribution < -0.4 is 5.32 Å². The third kappa shape index (κ3) is 3.78. The summed E-state index contributed by atoms with van der Waals surface area (Å²) in [6.45, 7) is 8.46. The predicted octanol–water partition coefficient (Wildman–Crippen LogP) is 2.76. The van der Waals surface area contributed by atoms with E-state index in [1.165, 1.54) is 0 Å². The highest BCUT2D eigenvalue weighted by Gasteiger charge is 2.07. The van der Waals surface area contributed by atoms with Crippen LogP contribution in [0.3, 0.4) is 0 Å². The van der Waals surface area contributed by atoms with Crippen LogP contribution in [0.4, 0.5) is 5.95 Å². The Morgan fingerprint density at radius 1 is 1.60 bits per heavy atom. The summed E-state index contributed by atoms with van der Waals surface area (Å²) in [5.41, 5.74) is 1.09. The fourth-order valence-corrected chi connectivity index (χ4v) is 1.73. The molecule has 0 saturated heterocycles. The first-order valence-corrected chi connectivity index (χ1v) is 6.76. The lowest BCUT2D eigenvalue weighted by Crippen LogP contribution is -2.13. The fourth-order valence-electron chi connectivity index (χ4n) is 1.42. The number of rotatable bonds is 6. The van der Waals surface area contributed by atoms with Crippen LogP contribution in [0, 0.1) is 6.92 Å². The largest absolute Gasteiger partial charge is 0.356 e. The minimum Gasteiger partial charge on any atom is -0.356 e. The van der Waals surface area contributed by atoms with E-state index in [0.717, 1.165) is 31.2 Å². The zero-order valence-corrected chi connectivity index (χ0v) is 10.9. The standard InChI is InChI=1S/C11H21N3S/c1-5-6-12-11-13-9(2)7-14(11)8-10(3)15-4/h7,10H,5-6,8H2,1-4H3,(H,12,13). The fraction of sp³-hybridized carbons (Fsp3) is 0.727. The molecule has 1 aromatic heterocycles. The molecule has 3 nitrogen and oxygen atoms in total. The van der Waals surface area contributed by atoms with Crippen molar-refractivity contribution in [2.45, 2.75) is 39.0 Å². The molecule has 0 aliphatic carbocycles. The molecule has 0 radical (unpaired) electrons. The molecule has 0 aliphatic rings. The average Bonchev–Trinajstić information content (AvgIpc) is 2.55. The van der Waals surface area contributed by atoms with Gasteiger partial charge in [-0.2, -0.15) is 11.8 Å². The van der Waals surface area contributed by atoms with Gasteiger partial charge in [0.25, 0.3) is 0 Å². The summed E-state index contributed by atoms with van der Waals surface area (Å²) in [5.74, 6) is 1.01. The van der Waals surface area contributed by atoms with Crippen molar-refractivity contribution in [2.75, 3.05) is 18.1 Å². The van der Waals surface area contributed by atoms with E-state index in [1.807, 2.05) is 18.7 Å². The Morgan fingerprint density at radius 3 is 2.93 bits per heavy atom. The van der Waals surface area contributed by atoms with Gasteiger partial charge < -0.3 is 9.88 Å². The summed E-state index contributed by atoms with van der Waals surface area (Å²) in [6.07, 6.45) is 5.39. The third-order valence-corrected chi connectivity index (χ3v) is 3.24. The van der Waals surface area contributed by atoms with Crippen molar-refractivity contribution in [3.8, 4) is 0 Å². The predicted molar refractivity (Wildman–Crippen MR) is 68.7 cm³/mol. The highest BCUT2D eigenvalue weighted by Crippen LogP contribution is 2.14. The summed E-state index contributed by atoms with van der Waals surface area (Å²) < 4.78 is 2.21. The molecular weight excluding hydrogens is 206 g/mol. The Hall–Kier alpha value is -0.640. The summed E-state index contributed by atoms with van der Waals surface area (Å²) in [6, 6.07) is 0. The van der Waals surface area contributed by atoms with Crippen LogP contribution in [0.2, 0.25) is 0 Å². The molecule has 0 aromatic carbocycles. The van der Waals surface area contributed by atoms with Crippen LogP contribution in [-0.4, -0.2) is 27.6 Å². The van der Waals surface area contributed by atoms with E-state index in [0.29, 0.717) is 5.25 Å². The maximum atomic E-state index is 4.48. The Bertz CT molecular complexity index is 296. The van der Waals surface area contributed by atoms with Gasteiger partial charge in [-0.1, -0.05) is 13.8 Å². The van der Waals surface area contributed by atoms with Crippen molar-refractivity contribution in [2.24, 2.45) is 0 Å². The maximum Gasteiger partial charge on any atom is 0.203 e. The second-order valence-electron chi connectivity index (χ2n) is 3.83. The topological polar surface area (TPSA) is 29.9 Å². The van der Waals surface area contributed by atoms with Gasteiger partial charge in [0, 0.05) is 24.5 Å². The second kappa shape index (κ2) is 6.05. The molecule has 0 amide bonds. The van der Waals surface area contributed by atoms with Crippen molar-refractivity contribution in [3.05, 3.63) is 11.9 Å². The zero-order valence-electron chi connectivity index (χ0n) is 10.1. The summed E-state index contributed by atoms with van der Waals surface area (Å²) in [7, 11) is 0. The molecule has 1 heterocycles. The van der Waals surface area contributed by atoms with Gasteiger partial charge in [0.1, 0.15) is 0 Å². The van der Waals surface area contributed by atoms with E-state index in [1.54, 1.807) is 0 Å². The number of hydrogen-bond acceptors (Lipinski definition) is 3. The molecule has 15 heavy (non-hydrogen) atoms. The van der Waals surface area contributed by atoms with Gasteiger partial charge in [-0.25, -0.2) is 4.98 Å². The Morgan fingerprint density at radius 2 is 2.33 bits per heavy atom. The van der Waals surface area contributed by atoms with Crippen LogP contribution in [0.25, 0.3) is 0 Å². The van der Waals surface area contributed by atoms with Crippen LogP contribution >= 0.6 is 11.8 Å². The lowest BCUT2D eigenvalue weighted by atomic mass is 10.4. The number of imidazole rings is 1. The smallest absolute Gasteiger partial charge is 0.203 e. The normalized spacial score (nSPS) is 12.8. The van der Waals surface area contributed by atoms with E-state index in [-0.39, 0.29) is 0 Å². The monoisotopic (exact) mass is 227 g/mol. The molecule has 0 fully saturated rings. The molecule has 1 rings (SSSR count). The van der Waals surface area contributed by atoms with Crippen molar-refractivity contribution in [1.82, 2.24) is 9.55 Å². The molecule has 1 unspecified atom stereocenters. The number of aromatic nitrogens is 2. The molecule has 0 aliphatic heterocycles. The van der Waals surface area contributed by atoms with Crippen molar-refractivity contribution in [3.63, 3.8) is 0 Å². The first-order chi connectivity index (χ1) is 7.17. The molecule has 86 valence electrons. The quantitative estimate of drug-likeness (QED) is 0.810. The lowest BCUT2D eigenvalue weighted by Gasteiger charge is -2.12. The maximum absolute atomic E-state index is 4.48. The highest BCUT2D eigenvalue weighted by molar-refractivity contribution is 7.99. The molecule has 0 spiro atoms. The lowest BCUT2D eigenvalue weighted by molar-refractivity contribution is 0.694. The number of aryl methyl sites for hydroxylation is 1. The highest BCUT2D eigenvalue weighted by atomic mass is 32.2. The van der Waals surface area contributed by atoms with E-state index in [4.69, 9.17) is 0 Å². The number of nitrogens with one attached hydrogen (secondary N) is 1. The number of thioether (sulfide) groups is 1. The molecule has 0 saturated carbocycles. The van der Waals surface area contributed by atoms with Crippen LogP contribution in [0.15, 0.2) is 6.20 Å². The molecule has 1 N–H and O–H groups in total. The molecule has 0 bridgehead atoms. The van der Waals surface area contributed by atoms with Gasteiger partial charge in [0.15, 0.2) is 0 Å². The number of hydrogen-bond donors (Lipinski definition) is 1. The van der Waals surface area contributed by atoms with Gasteiger partial charge >= 0.3 is 0 Å². The van der Waals surface area contributed by atoms with E-state index >= 15 is 0 Å². The first-order valence-electron chi connectivity index (χ1n) is 5.47. The van der Waals surface area contributed by atoms with Crippen molar-refractivity contribution in [1.29, 1.82) is 0 Å². The van der Waals surface area contributed by atoms with Crippen molar-refractivity contribution < 1.29 is 0 Å². The van der Waals surface area contributed by atoms with Crippen molar-refractivity contribution >= 4 is 17.7 Å². The summed E-state index contributed by atoms with van der Waals surface area (Å²) >= 11 is 1.89. The van der Waals surface area contributed by atoms with Crippen LogP contribution in [-0.2, 0) is 6.54 Å². The Kier molecular flexibility index (Phi) is 5.02. The number of nitrogens with zero attached hydrogens (tertiary/aromatic N) is 2. The SMILES string of the molecule is CCCNc1nc(C)cn1CC(C)SC. The van der Waals surface area contributed by atoms with Gasteiger partial charge in [0.2, 0.25) is 5.95 Å². The molecule has 1 atom stereocenters. The second-order valence-corrected chi connectivity index (χ2v) is 5.11. The zero-order chi connectivity index (χ0) is 11.3. The van der Waals surface area contributed by atoms with Gasteiger partial charge in [-0.15, -0.1) is 0 Å². The Balaban J connectivity index is 2.67. The average molecular weight is 227 g/mol. The van der Waals surface area contributed by atoms with Crippen LogP contribution in [0.5, 0.6) is 0 Å². The minimum absolute atomic E-state index is 0.626. The van der Waals surface area contributed by atoms with Gasteiger partial charge in [-0.05, 0) is 19.6 Å². The van der Waals surface area contributed by atoms with E-state index in [9.17, 15) is 0 Å². The number of anilines is 1. The van der Waals surface area contributed by atoms with E-state index < -0.39 is 0 Å². The molecule has 4 heteroatoms. The first kappa shape index (κ1) is 12.4. The summed E-state index contributed by atoms with van der Waals surface area (Å²) in [5, 5.41) is 3.98. The van der Waals surface area contributed by atoms with Crippen LogP contribution in [0.1, 0.15) is 26.0 Å².